The van der Waals surface area contributed by atoms with Crippen molar-refractivity contribution in [1.82, 2.24) is 10.2 Å². The minimum atomic E-state index is -1.70. The number of nitrogens with zero attached hydrogens (tertiary/aromatic N) is 1. The molecule has 2 aromatic carbocycles. The number of carbonyl (C=O) groups excluding carboxylic acids is 5. The third-order valence-electron chi connectivity index (χ3n) is 8.46. The van der Waals surface area contributed by atoms with Gasteiger partial charge >= 0.3 is 12.0 Å². The number of unbranched alkanes of at least 4 members (excludes halogenated alkanes) is 4. The standard InChI is InChI=1S/C38H52ClN3O7/c1-6-8-9-10-17-22-29(49-32(44)25-31(43)40-28-20-15-12-16-21-28)23-24-30(39)33(34(45)37(3,4)5)42-35(46)38(48-7-2,41-36(42)47)26-27-18-13-11-14-19-27/h11-16,18-21,29-30,33H,6-10,17,22-26H2,1-5H3,(H,40,43)(H,41,47). The predicted octanol–water partition coefficient (Wildman–Crippen LogP) is 7.19. The van der Waals surface area contributed by atoms with Crippen molar-refractivity contribution >= 4 is 46.9 Å². The zero-order valence-corrected chi connectivity index (χ0v) is 30.2. The molecule has 11 heteroatoms. The smallest absolute Gasteiger partial charge is 0.327 e. The summed E-state index contributed by atoms with van der Waals surface area (Å²) in [5.74, 6) is -2.22. The first kappa shape index (κ1) is 39.7. The van der Waals surface area contributed by atoms with Gasteiger partial charge in [-0.2, -0.15) is 0 Å². The van der Waals surface area contributed by atoms with Gasteiger partial charge in [-0.05, 0) is 50.3 Å². The van der Waals surface area contributed by atoms with Crippen molar-refractivity contribution in [2.24, 2.45) is 5.41 Å². The molecule has 0 radical (unpaired) electrons. The van der Waals surface area contributed by atoms with E-state index < -0.39 is 58.9 Å². The van der Waals surface area contributed by atoms with Crippen LogP contribution in [0.2, 0.25) is 0 Å². The molecule has 0 saturated carbocycles. The molecule has 1 heterocycles. The molecule has 268 valence electrons. The van der Waals surface area contributed by atoms with Gasteiger partial charge in [0.15, 0.2) is 5.78 Å². The molecule has 2 aromatic rings. The summed E-state index contributed by atoms with van der Waals surface area (Å²) in [5, 5.41) is 4.43. The lowest BCUT2D eigenvalue weighted by molar-refractivity contribution is -0.155. The molecule has 0 spiro atoms. The van der Waals surface area contributed by atoms with Gasteiger partial charge in [0.2, 0.25) is 11.6 Å². The van der Waals surface area contributed by atoms with E-state index in [0.29, 0.717) is 12.1 Å². The number of alkyl halides is 1. The molecule has 1 fully saturated rings. The Hall–Kier alpha value is -3.76. The topological polar surface area (TPSA) is 131 Å². The molecule has 4 amide bonds. The number of carbonyl (C=O) groups is 5. The lowest BCUT2D eigenvalue weighted by Crippen LogP contribution is -2.56. The number of nitrogens with one attached hydrogen (secondary N) is 2. The molecule has 1 saturated heterocycles. The summed E-state index contributed by atoms with van der Waals surface area (Å²) in [4.78, 5) is 68.0. The average Bonchev–Trinajstić information content (AvgIpc) is 3.28. The third-order valence-corrected chi connectivity index (χ3v) is 8.92. The SMILES string of the molecule is CCCCCCCC(CCC(Cl)C(C(=O)C(C)(C)C)N1C(=O)NC(Cc2ccccc2)(OCC)C1=O)OC(=O)CC(=O)Nc1ccccc1. The average molecular weight is 698 g/mol. The highest BCUT2D eigenvalue weighted by Gasteiger charge is 2.57. The van der Waals surface area contributed by atoms with E-state index in [9.17, 15) is 24.0 Å². The number of anilines is 1. The van der Waals surface area contributed by atoms with Crippen LogP contribution in [0, 0.1) is 5.41 Å². The fourth-order valence-electron chi connectivity index (χ4n) is 5.94. The number of hydrogen-bond donors (Lipinski definition) is 2. The van der Waals surface area contributed by atoms with Crippen LogP contribution in [0.3, 0.4) is 0 Å². The lowest BCUT2D eigenvalue weighted by atomic mass is 9.83. The summed E-state index contributed by atoms with van der Waals surface area (Å²) in [6, 6.07) is 16.0. The second-order valence-electron chi connectivity index (χ2n) is 13.6. The van der Waals surface area contributed by atoms with Crippen molar-refractivity contribution in [3.05, 3.63) is 66.2 Å². The van der Waals surface area contributed by atoms with Gasteiger partial charge < -0.3 is 20.1 Å². The number of halogens is 1. The zero-order valence-electron chi connectivity index (χ0n) is 29.5. The highest BCUT2D eigenvalue weighted by molar-refractivity contribution is 6.24. The Morgan fingerprint density at radius 2 is 1.53 bits per heavy atom. The van der Waals surface area contributed by atoms with E-state index in [4.69, 9.17) is 21.1 Å². The number of para-hydroxylation sites is 1. The Kier molecular flexibility index (Phi) is 15.3. The molecule has 2 N–H and O–H groups in total. The van der Waals surface area contributed by atoms with E-state index in [-0.39, 0.29) is 31.7 Å². The van der Waals surface area contributed by atoms with Crippen LogP contribution in [0.5, 0.6) is 0 Å². The number of hydrogen-bond acceptors (Lipinski definition) is 7. The Bertz CT molecular complexity index is 1400. The second kappa shape index (κ2) is 18.9. The summed E-state index contributed by atoms with van der Waals surface area (Å²) >= 11 is 7.01. The molecular weight excluding hydrogens is 646 g/mol. The molecule has 3 rings (SSSR count). The van der Waals surface area contributed by atoms with Gasteiger partial charge in [0.25, 0.3) is 5.91 Å². The normalized spacial score (nSPS) is 18.0. The molecule has 4 atom stereocenters. The molecule has 4 unspecified atom stereocenters. The van der Waals surface area contributed by atoms with Crippen molar-refractivity contribution in [3.63, 3.8) is 0 Å². The third kappa shape index (κ3) is 11.7. The zero-order chi connectivity index (χ0) is 36.0. The summed E-state index contributed by atoms with van der Waals surface area (Å²) < 4.78 is 11.7. The van der Waals surface area contributed by atoms with Crippen LogP contribution in [0.15, 0.2) is 60.7 Å². The highest BCUT2D eigenvalue weighted by atomic mass is 35.5. The molecule has 1 aliphatic heterocycles. The van der Waals surface area contributed by atoms with Gasteiger partial charge in [0, 0.05) is 24.1 Å². The van der Waals surface area contributed by atoms with Gasteiger partial charge in [-0.25, -0.2) is 9.69 Å². The first-order valence-electron chi connectivity index (χ1n) is 17.4. The van der Waals surface area contributed by atoms with Crippen molar-refractivity contribution < 1.29 is 33.4 Å². The Morgan fingerprint density at radius 1 is 0.898 bits per heavy atom. The van der Waals surface area contributed by atoms with Crippen molar-refractivity contribution in [2.75, 3.05) is 11.9 Å². The van der Waals surface area contributed by atoms with Crippen molar-refractivity contribution in [1.29, 1.82) is 0 Å². The molecule has 49 heavy (non-hydrogen) atoms. The van der Waals surface area contributed by atoms with E-state index in [1.165, 1.54) is 0 Å². The maximum atomic E-state index is 14.2. The summed E-state index contributed by atoms with van der Waals surface area (Å²) in [6.07, 6.45) is 5.01. The van der Waals surface area contributed by atoms with Crippen LogP contribution >= 0.6 is 11.6 Å². The summed E-state index contributed by atoms with van der Waals surface area (Å²) in [5.41, 5.74) is -1.29. The Balaban J connectivity index is 1.79. The number of rotatable bonds is 20. The second-order valence-corrected chi connectivity index (χ2v) is 14.1. The maximum Gasteiger partial charge on any atom is 0.327 e. The van der Waals surface area contributed by atoms with E-state index >= 15 is 0 Å². The Labute approximate surface area is 295 Å². The van der Waals surface area contributed by atoms with E-state index in [0.717, 1.165) is 42.6 Å². The first-order chi connectivity index (χ1) is 23.3. The Morgan fingerprint density at radius 3 is 2.14 bits per heavy atom. The maximum absolute atomic E-state index is 14.2. The van der Waals surface area contributed by atoms with Crippen LogP contribution in [0.25, 0.3) is 0 Å². The van der Waals surface area contributed by atoms with Crippen LogP contribution in [0.1, 0.15) is 98.0 Å². The minimum Gasteiger partial charge on any atom is -0.462 e. The van der Waals surface area contributed by atoms with E-state index in [1.807, 2.05) is 36.4 Å². The highest BCUT2D eigenvalue weighted by Crippen LogP contribution is 2.33. The fraction of sp³-hybridized carbons (Fsp3) is 0.553. The van der Waals surface area contributed by atoms with E-state index in [1.54, 1.807) is 52.0 Å². The van der Waals surface area contributed by atoms with E-state index in [2.05, 4.69) is 17.6 Å². The summed E-state index contributed by atoms with van der Waals surface area (Å²) in [7, 11) is 0. The quantitative estimate of drug-likeness (QED) is 0.0492. The minimum absolute atomic E-state index is 0.0695. The van der Waals surface area contributed by atoms with Crippen LogP contribution in [-0.2, 0) is 35.1 Å². The van der Waals surface area contributed by atoms with Crippen LogP contribution < -0.4 is 10.6 Å². The van der Waals surface area contributed by atoms with Crippen molar-refractivity contribution in [3.8, 4) is 0 Å². The number of Topliss-reactive ketones (excluding diaryl/α,β-unsaturated/α-hetero) is 1. The van der Waals surface area contributed by atoms with Crippen LogP contribution in [0.4, 0.5) is 10.5 Å². The number of imide groups is 1. The number of amides is 4. The number of benzene rings is 2. The molecule has 10 nitrogen and oxygen atoms in total. The van der Waals surface area contributed by atoms with Gasteiger partial charge in [-0.1, -0.05) is 102 Å². The summed E-state index contributed by atoms with van der Waals surface area (Å²) in [6.45, 7) is 9.14. The number of ether oxygens (including phenoxy) is 2. The lowest BCUT2D eigenvalue weighted by Gasteiger charge is -2.34. The van der Waals surface area contributed by atoms with Gasteiger partial charge in [0.1, 0.15) is 18.6 Å². The molecule has 0 bridgehead atoms. The molecular formula is C38H52ClN3O7. The van der Waals surface area contributed by atoms with Crippen LogP contribution in [-0.4, -0.2) is 64.4 Å². The monoisotopic (exact) mass is 697 g/mol. The predicted molar refractivity (Wildman–Crippen MR) is 190 cm³/mol. The van der Waals surface area contributed by atoms with Gasteiger partial charge in [-0.3, -0.25) is 19.2 Å². The molecule has 0 aromatic heterocycles. The molecule has 1 aliphatic rings. The van der Waals surface area contributed by atoms with Gasteiger partial charge in [0.05, 0.1) is 5.38 Å². The van der Waals surface area contributed by atoms with Crippen molar-refractivity contribution in [2.45, 2.75) is 122 Å². The molecule has 0 aliphatic carbocycles. The fourth-order valence-corrected chi connectivity index (χ4v) is 6.29. The first-order valence-corrected chi connectivity index (χ1v) is 17.8. The number of ketones is 1. The number of urea groups is 1. The largest absolute Gasteiger partial charge is 0.462 e. The number of esters is 1. The van der Waals surface area contributed by atoms with Gasteiger partial charge in [-0.15, -0.1) is 11.6 Å².